The molecule has 0 unspecified atom stereocenters. The van der Waals surface area contributed by atoms with Crippen molar-refractivity contribution in [2.45, 2.75) is 46.1 Å². The van der Waals surface area contributed by atoms with Gasteiger partial charge in [0.2, 0.25) is 0 Å². The molecule has 1 heterocycles. The summed E-state index contributed by atoms with van der Waals surface area (Å²) in [6.07, 6.45) is 4.66. The van der Waals surface area contributed by atoms with E-state index in [0.717, 1.165) is 36.2 Å². The summed E-state index contributed by atoms with van der Waals surface area (Å²) in [6, 6.07) is 6.36. The van der Waals surface area contributed by atoms with Gasteiger partial charge in [-0.15, -0.1) is 24.0 Å². The molecule has 6 nitrogen and oxygen atoms in total. The lowest BCUT2D eigenvalue weighted by atomic mass is 9.97. The van der Waals surface area contributed by atoms with Gasteiger partial charge in [0.25, 0.3) is 0 Å². The average molecular weight is 533 g/mol. The van der Waals surface area contributed by atoms with Gasteiger partial charge in [0.15, 0.2) is 5.96 Å². The predicted octanol–water partition coefficient (Wildman–Crippen LogP) is 3.82. The van der Waals surface area contributed by atoms with Gasteiger partial charge in [0.05, 0.1) is 6.61 Å². The lowest BCUT2D eigenvalue weighted by Gasteiger charge is -2.32. The van der Waals surface area contributed by atoms with Crippen LogP contribution in [-0.4, -0.2) is 64.4 Å². The number of ether oxygens (including phenoxy) is 2. The maximum atomic E-state index is 5.99. The molecule has 0 spiro atoms. The Labute approximate surface area is 200 Å². The minimum absolute atomic E-state index is 0. The number of halogens is 1. The highest BCUT2D eigenvalue weighted by Gasteiger charge is 2.18. The molecule has 1 aromatic rings. The molecule has 0 amide bonds. The summed E-state index contributed by atoms with van der Waals surface area (Å²) < 4.78 is 11.1. The van der Waals surface area contributed by atoms with Gasteiger partial charge in [-0.3, -0.25) is 4.99 Å². The van der Waals surface area contributed by atoms with Gasteiger partial charge >= 0.3 is 0 Å². The quantitative estimate of drug-likeness (QED) is 0.197. The lowest BCUT2D eigenvalue weighted by molar-refractivity contribution is 0.171. The molecule has 1 saturated heterocycles. The fourth-order valence-electron chi connectivity index (χ4n) is 3.70. The molecule has 30 heavy (non-hydrogen) atoms. The Bertz CT molecular complexity index is 619. The largest absolute Gasteiger partial charge is 0.493 e. The minimum Gasteiger partial charge on any atom is -0.493 e. The highest BCUT2D eigenvalue weighted by Crippen LogP contribution is 2.21. The van der Waals surface area contributed by atoms with Gasteiger partial charge in [0, 0.05) is 45.8 Å². The van der Waals surface area contributed by atoms with Gasteiger partial charge in [-0.2, -0.15) is 0 Å². The van der Waals surface area contributed by atoms with Crippen molar-refractivity contribution >= 4 is 29.9 Å². The summed E-state index contributed by atoms with van der Waals surface area (Å²) in [5, 5.41) is 6.95. The van der Waals surface area contributed by atoms with Gasteiger partial charge in [-0.25, -0.2) is 0 Å². The molecule has 0 saturated carbocycles. The van der Waals surface area contributed by atoms with E-state index in [1.54, 1.807) is 7.11 Å². The van der Waals surface area contributed by atoms with E-state index in [4.69, 9.17) is 9.47 Å². The lowest BCUT2D eigenvalue weighted by Crippen LogP contribution is -2.42. The Morgan fingerprint density at radius 3 is 2.63 bits per heavy atom. The van der Waals surface area contributed by atoms with Crippen molar-refractivity contribution in [1.82, 2.24) is 15.5 Å². The summed E-state index contributed by atoms with van der Waals surface area (Å²) in [6.45, 7) is 11.1. The molecule has 0 aromatic heterocycles. The van der Waals surface area contributed by atoms with E-state index in [1.807, 2.05) is 7.05 Å². The first-order chi connectivity index (χ1) is 14.2. The normalized spacial score (nSPS) is 15.5. The number of nitrogens with zero attached hydrogens (tertiary/aromatic N) is 2. The molecule has 0 aliphatic carbocycles. The molecule has 2 rings (SSSR count). The second-order valence-corrected chi connectivity index (χ2v) is 7.90. The smallest absolute Gasteiger partial charge is 0.191 e. The summed E-state index contributed by atoms with van der Waals surface area (Å²) in [7, 11) is 3.55. The second kappa shape index (κ2) is 15.7. The topological polar surface area (TPSA) is 58.1 Å². The number of methoxy groups -OCH3 is 1. The van der Waals surface area contributed by atoms with Crippen LogP contribution in [0.25, 0.3) is 0 Å². The van der Waals surface area contributed by atoms with E-state index in [9.17, 15) is 0 Å². The Morgan fingerprint density at radius 1 is 1.20 bits per heavy atom. The van der Waals surface area contributed by atoms with Crippen molar-refractivity contribution < 1.29 is 9.47 Å². The van der Waals surface area contributed by atoms with Crippen molar-refractivity contribution in [2.24, 2.45) is 10.9 Å². The maximum absolute atomic E-state index is 5.99. The van der Waals surface area contributed by atoms with Crippen molar-refractivity contribution in [1.29, 1.82) is 0 Å². The van der Waals surface area contributed by atoms with Crippen LogP contribution >= 0.6 is 24.0 Å². The number of piperidine rings is 1. The molecule has 7 heteroatoms. The molecule has 1 aliphatic heterocycles. The van der Waals surface area contributed by atoms with Crippen molar-refractivity contribution in [2.75, 3.05) is 53.6 Å². The standard InChI is InChI=1S/C23H40N4O2.HI/c1-5-11-27-12-9-20(10-13-27)17-25-23(24-3)26-18-21-8-7-19(2)16-22(21)29-15-6-14-28-4;/h7-8,16,20H,5-6,9-15,17-18H2,1-4H3,(H2,24,25,26);1H. The number of aryl methyl sites for hydroxylation is 1. The average Bonchev–Trinajstić information content (AvgIpc) is 2.74. The van der Waals surface area contributed by atoms with Crippen LogP contribution in [0.2, 0.25) is 0 Å². The van der Waals surface area contributed by atoms with Crippen LogP contribution in [0, 0.1) is 12.8 Å². The summed E-state index contributed by atoms with van der Waals surface area (Å²) in [5.74, 6) is 2.51. The van der Waals surface area contributed by atoms with Crippen LogP contribution in [-0.2, 0) is 11.3 Å². The van der Waals surface area contributed by atoms with E-state index < -0.39 is 0 Å². The molecule has 1 fully saturated rings. The molecule has 172 valence electrons. The molecule has 2 N–H and O–H groups in total. The zero-order chi connectivity index (χ0) is 20.9. The first-order valence-electron chi connectivity index (χ1n) is 11.0. The number of benzene rings is 1. The van der Waals surface area contributed by atoms with Gasteiger partial charge in [0.1, 0.15) is 5.75 Å². The molecule has 1 aromatic carbocycles. The SMILES string of the molecule is CCCN1CCC(CNC(=NC)NCc2ccc(C)cc2OCCCOC)CC1.I. The zero-order valence-corrected chi connectivity index (χ0v) is 21.5. The maximum Gasteiger partial charge on any atom is 0.191 e. The van der Waals surface area contributed by atoms with E-state index in [2.05, 4.69) is 52.6 Å². The monoisotopic (exact) mass is 532 g/mol. The van der Waals surface area contributed by atoms with E-state index >= 15 is 0 Å². The fourth-order valence-corrected chi connectivity index (χ4v) is 3.70. The summed E-state index contributed by atoms with van der Waals surface area (Å²) in [5.41, 5.74) is 2.34. The number of hydrogen-bond acceptors (Lipinski definition) is 4. The molecular weight excluding hydrogens is 491 g/mol. The Hall–Kier alpha value is -1.06. The van der Waals surface area contributed by atoms with Crippen molar-refractivity contribution in [3.8, 4) is 5.75 Å². The molecule has 0 atom stereocenters. The Balaban J connectivity index is 0.00000450. The predicted molar refractivity (Wildman–Crippen MR) is 136 cm³/mol. The minimum atomic E-state index is 0. The van der Waals surface area contributed by atoms with Crippen LogP contribution in [0.4, 0.5) is 0 Å². The van der Waals surface area contributed by atoms with Gasteiger partial charge in [-0.05, 0) is 63.4 Å². The number of likely N-dealkylation sites (tertiary alicyclic amines) is 1. The van der Waals surface area contributed by atoms with Crippen molar-refractivity contribution in [3.63, 3.8) is 0 Å². The molecular formula is C23H41IN4O2. The number of aliphatic imine (C=N–C) groups is 1. The third kappa shape index (κ3) is 9.83. The number of rotatable bonds is 11. The molecule has 1 aliphatic rings. The molecule has 0 radical (unpaired) electrons. The first-order valence-corrected chi connectivity index (χ1v) is 11.0. The number of hydrogen-bond donors (Lipinski definition) is 2. The number of nitrogens with one attached hydrogen (secondary N) is 2. The van der Waals surface area contributed by atoms with E-state index in [-0.39, 0.29) is 24.0 Å². The van der Waals surface area contributed by atoms with Crippen molar-refractivity contribution in [3.05, 3.63) is 29.3 Å². The highest BCUT2D eigenvalue weighted by atomic mass is 127. The van der Waals surface area contributed by atoms with Crippen LogP contribution in [0.1, 0.15) is 43.7 Å². The summed E-state index contributed by atoms with van der Waals surface area (Å²) in [4.78, 5) is 6.97. The third-order valence-corrected chi connectivity index (χ3v) is 5.45. The van der Waals surface area contributed by atoms with Gasteiger partial charge in [-0.1, -0.05) is 19.1 Å². The first kappa shape index (κ1) is 27.0. The van der Waals surface area contributed by atoms with Crippen LogP contribution in [0.3, 0.4) is 0 Å². The third-order valence-electron chi connectivity index (χ3n) is 5.45. The highest BCUT2D eigenvalue weighted by molar-refractivity contribution is 14.0. The zero-order valence-electron chi connectivity index (χ0n) is 19.2. The van der Waals surface area contributed by atoms with Gasteiger partial charge < -0.3 is 25.0 Å². The molecule has 0 bridgehead atoms. The number of guanidine groups is 1. The van der Waals surface area contributed by atoms with Crippen LogP contribution in [0.15, 0.2) is 23.2 Å². The van der Waals surface area contributed by atoms with E-state index in [0.29, 0.717) is 19.8 Å². The second-order valence-electron chi connectivity index (χ2n) is 7.90. The summed E-state index contributed by atoms with van der Waals surface area (Å²) >= 11 is 0. The van der Waals surface area contributed by atoms with E-state index in [1.165, 1.54) is 44.5 Å². The fraction of sp³-hybridized carbons (Fsp3) is 0.696. The Morgan fingerprint density at radius 2 is 1.97 bits per heavy atom. The Kier molecular flexibility index (Phi) is 14.1. The van der Waals surface area contributed by atoms with Crippen LogP contribution < -0.4 is 15.4 Å². The van der Waals surface area contributed by atoms with Crippen LogP contribution in [0.5, 0.6) is 5.75 Å².